The molecule has 1 aliphatic heterocycles. The molecular weight excluding hydrogens is 403 g/mol. The highest BCUT2D eigenvalue weighted by molar-refractivity contribution is 5.72. The maximum absolute atomic E-state index is 13.4. The first-order valence-corrected chi connectivity index (χ1v) is 10.9. The van der Waals surface area contributed by atoms with Gasteiger partial charge in [0.2, 0.25) is 0 Å². The van der Waals surface area contributed by atoms with Crippen molar-refractivity contribution in [3.8, 4) is 11.1 Å². The van der Waals surface area contributed by atoms with Crippen molar-refractivity contribution < 1.29 is 13.9 Å². The van der Waals surface area contributed by atoms with E-state index in [-0.39, 0.29) is 11.9 Å². The summed E-state index contributed by atoms with van der Waals surface area (Å²) in [5.41, 5.74) is 4.96. The fourth-order valence-corrected chi connectivity index (χ4v) is 4.10. The average molecular weight is 433 g/mol. The summed E-state index contributed by atoms with van der Waals surface area (Å²) in [5, 5.41) is 3.05. The van der Waals surface area contributed by atoms with Crippen LogP contribution in [0.2, 0.25) is 0 Å². The molecule has 0 saturated heterocycles. The van der Waals surface area contributed by atoms with Crippen molar-refractivity contribution in [2.75, 3.05) is 11.4 Å². The summed E-state index contributed by atoms with van der Waals surface area (Å²) in [6, 6.07) is 23.1. The lowest BCUT2D eigenvalue weighted by atomic mass is 9.93. The van der Waals surface area contributed by atoms with Gasteiger partial charge >= 0.3 is 6.09 Å². The summed E-state index contributed by atoms with van der Waals surface area (Å²) in [6.45, 7) is 7.02. The number of carbonyl (C=O) groups excluding carboxylic acids is 1. The molecule has 0 aromatic heterocycles. The van der Waals surface area contributed by atoms with E-state index in [2.05, 4.69) is 40.5 Å². The molecular formula is C27H29FN2O2. The first kappa shape index (κ1) is 21.9. The smallest absolute Gasteiger partial charge is 0.407 e. The van der Waals surface area contributed by atoms with Crippen molar-refractivity contribution in [3.63, 3.8) is 0 Å². The fraction of sp³-hybridized carbons (Fsp3) is 0.296. The van der Waals surface area contributed by atoms with Gasteiger partial charge in [0.05, 0.1) is 6.04 Å². The van der Waals surface area contributed by atoms with Crippen molar-refractivity contribution in [3.05, 3.63) is 89.7 Å². The lowest BCUT2D eigenvalue weighted by Gasteiger charge is -2.37. The van der Waals surface area contributed by atoms with E-state index in [4.69, 9.17) is 4.74 Å². The van der Waals surface area contributed by atoms with E-state index in [0.717, 1.165) is 28.9 Å². The number of nitrogens with one attached hydrogen (secondary N) is 1. The van der Waals surface area contributed by atoms with E-state index in [1.807, 2.05) is 39.0 Å². The number of hydrogen-bond acceptors (Lipinski definition) is 3. The lowest BCUT2D eigenvalue weighted by molar-refractivity contribution is 0.0504. The van der Waals surface area contributed by atoms with Crippen LogP contribution in [0.5, 0.6) is 0 Å². The predicted octanol–water partition coefficient (Wildman–Crippen LogP) is 5.95. The van der Waals surface area contributed by atoms with E-state index >= 15 is 0 Å². The van der Waals surface area contributed by atoms with Gasteiger partial charge in [0.25, 0.3) is 0 Å². The highest BCUT2D eigenvalue weighted by Gasteiger charge is 2.27. The number of benzene rings is 3. The predicted molar refractivity (Wildman–Crippen MR) is 126 cm³/mol. The van der Waals surface area contributed by atoms with Crippen LogP contribution in [-0.2, 0) is 17.7 Å². The summed E-state index contributed by atoms with van der Waals surface area (Å²) in [7, 11) is 0. The van der Waals surface area contributed by atoms with Gasteiger partial charge in [-0.05, 0) is 73.7 Å². The minimum atomic E-state index is -0.546. The Labute approximate surface area is 189 Å². The van der Waals surface area contributed by atoms with Crippen LogP contribution in [0.3, 0.4) is 0 Å². The van der Waals surface area contributed by atoms with Crippen LogP contribution >= 0.6 is 0 Å². The molecule has 5 heteroatoms. The van der Waals surface area contributed by atoms with Crippen LogP contribution in [0, 0.1) is 5.82 Å². The van der Waals surface area contributed by atoms with Crippen LogP contribution < -0.4 is 10.2 Å². The van der Waals surface area contributed by atoms with Crippen LogP contribution in [0.25, 0.3) is 11.1 Å². The van der Waals surface area contributed by atoms with Gasteiger partial charge in [-0.3, -0.25) is 0 Å². The zero-order valence-electron chi connectivity index (χ0n) is 18.8. The second kappa shape index (κ2) is 9.03. The van der Waals surface area contributed by atoms with Crippen molar-refractivity contribution in [2.45, 2.75) is 45.4 Å². The van der Waals surface area contributed by atoms with Gasteiger partial charge in [-0.1, -0.05) is 48.5 Å². The van der Waals surface area contributed by atoms with Gasteiger partial charge in [0.15, 0.2) is 0 Å². The number of carbonyl (C=O) groups is 1. The molecule has 32 heavy (non-hydrogen) atoms. The third-order valence-corrected chi connectivity index (χ3v) is 5.44. The molecule has 4 nitrogen and oxygen atoms in total. The third-order valence-electron chi connectivity index (χ3n) is 5.44. The normalized spacial score (nSPS) is 15.8. The molecule has 1 aliphatic rings. The standard InChI is InChI=1S/C27H29FN2O2/c1-27(2,3)32-26(31)29-24-16-22-15-21(20-9-12-23(28)13-10-20)11-14-25(22)30(18-24)17-19-7-5-4-6-8-19/h4-15,24H,16-18H2,1-3H3,(H,29,31). The number of rotatable bonds is 4. The van der Waals surface area contributed by atoms with Crippen LogP contribution in [0.1, 0.15) is 31.9 Å². The summed E-state index contributed by atoms with van der Waals surface area (Å²) in [4.78, 5) is 14.7. The number of ether oxygens (including phenoxy) is 1. The molecule has 1 heterocycles. The number of anilines is 1. The van der Waals surface area contributed by atoms with Gasteiger partial charge in [0, 0.05) is 18.8 Å². The largest absolute Gasteiger partial charge is 0.444 e. The number of nitrogens with zero attached hydrogens (tertiary/aromatic N) is 1. The van der Waals surface area contributed by atoms with E-state index in [9.17, 15) is 9.18 Å². The van der Waals surface area contributed by atoms with Crippen molar-refractivity contribution >= 4 is 11.8 Å². The molecule has 0 fully saturated rings. The SMILES string of the molecule is CC(C)(C)OC(=O)NC1Cc2cc(-c3ccc(F)cc3)ccc2N(Cc2ccccc2)C1. The maximum Gasteiger partial charge on any atom is 0.407 e. The second-order valence-electron chi connectivity index (χ2n) is 9.26. The van der Waals surface area contributed by atoms with Gasteiger partial charge in [-0.15, -0.1) is 0 Å². The van der Waals surface area contributed by atoms with Crippen LogP contribution in [0.15, 0.2) is 72.8 Å². The van der Waals surface area contributed by atoms with Gasteiger partial charge in [0.1, 0.15) is 11.4 Å². The summed E-state index contributed by atoms with van der Waals surface area (Å²) >= 11 is 0. The third kappa shape index (κ3) is 5.47. The minimum absolute atomic E-state index is 0.0791. The Bertz CT molecular complexity index is 1080. The molecule has 0 radical (unpaired) electrons. The zero-order chi connectivity index (χ0) is 22.7. The Morgan fingerprint density at radius 2 is 1.72 bits per heavy atom. The van der Waals surface area contributed by atoms with Crippen molar-refractivity contribution in [2.24, 2.45) is 0 Å². The zero-order valence-corrected chi connectivity index (χ0v) is 18.8. The quantitative estimate of drug-likeness (QED) is 0.554. The molecule has 1 N–H and O–H groups in total. The van der Waals surface area contributed by atoms with E-state index < -0.39 is 11.7 Å². The van der Waals surface area contributed by atoms with E-state index in [1.54, 1.807) is 12.1 Å². The molecule has 3 aromatic carbocycles. The van der Waals surface area contributed by atoms with Gasteiger partial charge < -0.3 is 15.0 Å². The van der Waals surface area contributed by atoms with Gasteiger partial charge in [-0.25, -0.2) is 9.18 Å². The molecule has 4 rings (SSSR count). The average Bonchev–Trinajstić information content (AvgIpc) is 2.73. The van der Waals surface area contributed by atoms with Crippen LogP contribution in [-0.4, -0.2) is 24.3 Å². The first-order valence-electron chi connectivity index (χ1n) is 10.9. The minimum Gasteiger partial charge on any atom is -0.444 e. The second-order valence-corrected chi connectivity index (χ2v) is 9.26. The van der Waals surface area contributed by atoms with Gasteiger partial charge in [-0.2, -0.15) is 0 Å². The van der Waals surface area contributed by atoms with E-state index in [1.165, 1.54) is 17.7 Å². The molecule has 3 aromatic rings. The summed E-state index contributed by atoms with van der Waals surface area (Å²) in [5.74, 6) is -0.248. The van der Waals surface area contributed by atoms with E-state index in [0.29, 0.717) is 13.0 Å². The molecule has 1 atom stereocenters. The van der Waals surface area contributed by atoms with Crippen molar-refractivity contribution in [1.82, 2.24) is 5.32 Å². The molecule has 0 spiro atoms. The molecule has 0 saturated carbocycles. The lowest BCUT2D eigenvalue weighted by Crippen LogP contribution is -2.49. The highest BCUT2D eigenvalue weighted by Crippen LogP contribution is 2.33. The Morgan fingerprint density at radius 1 is 1.03 bits per heavy atom. The summed E-state index contributed by atoms with van der Waals surface area (Å²) < 4.78 is 18.8. The summed E-state index contributed by atoms with van der Waals surface area (Å²) in [6.07, 6.45) is 0.301. The number of alkyl carbamates (subject to hydrolysis) is 1. The van der Waals surface area contributed by atoms with Crippen LogP contribution in [0.4, 0.5) is 14.9 Å². The molecule has 0 aliphatic carbocycles. The van der Waals surface area contributed by atoms with Crippen molar-refractivity contribution in [1.29, 1.82) is 0 Å². The molecule has 0 bridgehead atoms. The Balaban J connectivity index is 1.62. The Morgan fingerprint density at radius 3 is 2.41 bits per heavy atom. The first-order chi connectivity index (χ1) is 15.3. The number of fused-ring (bicyclic) bond motifs is 1. The fourth-order valence-electron chi connectivity index (χ4n) is 4.10. The number of halogens is 1. The number of amides is 1. The Kier molecular flexibility index (Phi) is 6.17. The topological polar surface area (TPSA) is 41.6 Å². The molecule has 1 amide bonds. The Hall–Kier alpha value is -3.34. The molecule has 166 valence electrons. The maximum atomic E-state index is 13.4. The molecule has 1 unspecified atom stereocenters. The highest BCUT2D eigenvalue weighted by atomic mass is 19.1. The number of hydrogen-bond donors (Lipinski definition) is 1. The monoisotopic (exact) mass is 432 g/mol.